The van der Waals surface area contributed by atoms with E-state index in [9.17, 15) is 21.6 Å². The molecule has 0 saturated carbocycles. The molecule has 10 heteroatoms. The molecule has 0 atom stereocenters. The van der Waals surface area contributed by atoms with Gasteiger partial charge in [0.05, 0.1) is 17.5 Å². The summed E-state index contributed by atoms with van der Waals surface area (Å²) in [6.07, 6.45) is -2.35. The van der Waals surface area contributed by atoms with E-state index < -0.39 is 21.8 Å². The number of fused-ring (bicyclic) bond motifs is 1. The molecule has 0 radical (unpaired) electrons. The number of halogens is 3. The third-order valence-corrected chi connectivity index (χ3v) is 5.83. The first-order valence-electron chi connectivity index (χ1n) is 8.43. The lowest BCUT2D eigenvalue weighted by atomic mass is 10.0. The third-order valence-electron chi connectivity index (χ3n) is 4.58. The summed E-state index contributed by atoms with van der Waals surface area (Å²) in [6.45, 7) is 0.894. The van der Waals surface area contributed by atoms with E-state index in [-0.39, 0.29) is 13.2 Å². The molecule has 148 valence electrons. The molecule has 0 saturated heterocycles. The van der Waals surface area contributed by atoms with Gasteiger partial charge in [-0.25, -0.2) is 8.42 Å². The van der Waals surface area contributed by atoms with Gasteiger partial charge in [-0.3, -0.25) is 4.68 Å². The zero-order valence-electron chi connectivity index (χ0n) is 14.7. The van der Waals surface area contributed by atoms with Crippen molar-refractivity contribution in [3.05, 3.63) is 41.1 Å². The van der Waals surface area contributed by atoms with Crippen LogP contribution in [0.15, 0.2) is 24.3 Å². The number of sulfonamides is 1. The van der Waals surface area contributed by atoms with Gasteiger partial charge in [0.15, 0.2) is 0 Å². The number of aryl methyl sites for hydroxylation is 1. The zero-order chi connectivity index (χ0) is 19.8. The van der Waals surface area contributed by atoms with Gasteiger partial charge in [0.2, 0.25) is 10.0 Å². The number of aliphatic hydroxyl groups excluding tert-OH is 1. The Morgan fingerprint density at radius 2 is 1.89 bits per heavy atom. The lowest BCUT2D eigenvalue weighted by Crippen LogP contribution is -2.35. The van der Waals surface area contributed by atoms with Crippen molar-refractivity contribution in [2.75, 3.05) is 19.4 Å². The quantitative estimate of drug-likeness (QED) is 0.831. The van der Waals surface area contributed by atoms with Crippen LogP contribution in [0.1, 0.15) is 23.2 Å². The van der Waals surface area contributed by atoms with Crippen molar-refractivity contribution in [2.45, 2.75) is 32.1 Å². The highest BCUT2D eigenvalue weighted by atomic mass is 32.2. The Hall–Kier alpha value is -1.91. The van der Waals surface area contributed by atoms with Crippen molar-refractivity contribution in [3.8, 4) is 11.3 Å². The molecule has 2 aromatic rings. The minimum Gasteiger partial charge on any atom is -0.396 e. The highest BCUT2D eigenvalue weighted by Gasteiger charge is 2.32. The van der Waals surface area contributed by atoms with Gasteiger partial charge in [0, 0.05) is 49.5 Å². The van der Waals surface area contributed by atoms with E-state index in [1.807, 2.05) is 0 Å². The van der Waals surface area contributed by atoms with Crippen LogP contribution in [0.4, 0.5) is 13.2 Å². The number of benzene rings is 1. The Balaban J connectivity index is 2.03. The summed E-state index contributed by atoms with van der Waals surface area (Å²) in [5, 5.41) is 13.6. The molecule has 1 aliphatic heterocycles. The molecule has 2 heterocycles. The Morgan fingerprint density at radius 1 is 1.22 bits per heavy atom. The van der Waals surface area contributed by atoms with Crippen molar-refractivity contribution in [3.63, 3.8) is 0 Å². The maximum atomic E-state index is 12.8. The number of hydrogen-bond acceptors (Lipinski definition) is 4. The molecule has 27 heavy (non-hydrogen) atoms. The van der Waals surface area contributed by atoms with Crippen molar-refractivity contribution in [1.29, 1.82) is 0 Å². The summed E-state index contributed by atoms with van der Waals surface area (Å²) in [6, 6.07) is 4.68. The Morgan fingerprint density at radius 3 is 2.44 bits per heavy atom. The summed E-state index contributed by atoms with van der Waals surface area (Å²) in [5.74, 6) is 0. The van der Waals surface area contributed by atoms with E-state index in [1.54, 1.807) is 4.68 Å². The van der Waals surface area contributed by atoms with Crippen LogP contribution in [0, 0.1) is 0 Å². The van der Waals surface area contributed by atoms with Crippen LogP contribution in [0.3, 0.4) is 0 Å². The molecule has 1 N–H and O–H groups in total. The van der Waals surface area contributed by atoms with E-state index in [4.69, 9.17) is 5.11 Å². The summed E-state index contributed by atoms with van der Waals surface area (Å²) in [7, 11) is -3.39. The van der Waals surface area contributed by atoms with Crippen molar-refractivity contribution < 1.29 is 26.7 Å². The number of hydrogen-bond donors (Lipinski definition) is 1. The first-order valence-corrected chi connectivity index (χ1v) is 10.3. The van der Waals surface area contributed by atoms with Gasteiger partial charge in [-0.2, -0.15) is 22.6 Å². The summed E-state index contributed by atoms with van der Waals surface area (Å²) >= 11 is 0. The molecular formula is C17H20F3N3O3S. The lowest BCUT2D eigenvalue weighted by molar-refractivity contribution is -0.137. The molecule has 0 spiro atoms. The van der Waals surface area contributed by atoms with Gasteiger partial charge >= 0.3 is 6.18 Å². The monoisotopic (exact) mass is 403 g/mol. The smallest absolute Gasteiger partial charge is 0.396 e. The van der Waals surface area contributed by atoms with Gasteiger partial charge in [-0.15, -0.1) is 0 Å². The highest BCUT2D eigenvalue weighted by Crippen LogP contribution is 2.34. The van der Waals surface area contributed by atoms with Crippen molar-refractivity contribution in [2.24, 2.45) is 0 Å². The summed E-state index contributed by atoms with van der Waals surface area (Å²) in [4.78, 5) is 0. The Labute approximate surface area is 155 Å². The van der Waals surface area contributed by atoms with Crippen LogP contribution in [0.2, 0.25) is 0 Å². The average molecular weight is 403 g/mol. The minimum atomic E-state index is -4.43. The second kappa shape index (κ2) is 7.25. The summed E-state index contributed by atoms with van der Waals surface area (Å²) in [5.41, 5.74) is 1.78. The van der Waals surface area contributed by atoms with Crippen LogP contribution in [0.5, 0.6) is 0 Å². The fraction of sp³-hybridized carbons (Fsp3) is 0.471. The largest absolute Gasteiger partial charge is 0.416 e. The summed E-state index contributed by atoms with van der Waals surface area (Å²) < 4.78 is 65.3. The standard InChI is InChI=1S/C17H20F3N3O3S/c1-27(25,26)22-9-7-15-14(11-22)16(21-23(15)8-2-10-24)12-3-5-13(6-4-12)17(18,19)20/h3-6,24H,2,7-11H2,1H3. The normalized spacial score (nSPS) is 15.7. The van der Waals surface area contributed by atoms with E-state index in [1.165, 1.54) is 16.4 Å². The molecule has 6 nitrogen and oxygen atoms in total. The third kappa shape index (κ3) is 4.17. The van der Waals surface area contributed by atoms with Gasteiger partial charge in [0.1, 0.15) is 0 Å². The molecule has 1 aromatic carbocycles. The van der Waals surface area contributed by atoms with E-state index >= 15 is 0 Å². The van der Waals surface area contributed by atoms with E-state index in [0.29, 0.717) is 42.8 Å². The topological polar surface area (TPSA) is 75.4 Å². The average Bonchev–Trinajstić information content (AvgIpc) is 2.96. The van der Waals surface area contributed by atoms with Crippen LogP contribution in [-0.2, 0) is 35.7 Å². The molecule has 3 rings (SSSR count). The van der Waals surface area contributed by atoms with Crippen LogP contribution in [-0.4, -0.2) is 47.0 Å². The molecule has 0 unspecified atom stereocenters. The number of aliphatic hydroxyl groups is 1. The molecule has 1 aromatic heterocycles. The van der Waals surface area contributed by atoms with Gasteiger partial charge < -0.3 is 5.11 Å². The fourth-order valence-electron chi connectivity index (χ4n) is 3.20. The molecule has 0 amide bonds. The highest BCUT2D eigenvalue weighted by molar-refractivity contribution is 7.88. The second-order valence-corrected chi connectivity index (χ2v) is 8.48. The zero-order valence-corrected chi connectivity index (χ0v) is 15.5. The predicted octanol–water partition coefficient (Wildman–Crippen LogP) is 2.27. The number of alkyl halides is 3. The Kier molecular flexibility index (Phi) is 5.33. The van der Waals surface area contributed by atoms with Crippen LogP contribution >= 0.6 is 0 Å². The predicted molar refractivity (Wildman–Crippen MR) is 93.3 cm³/mol. The second-order valence-electron chi connectivity index (χ2n) is 6.50. The maximum absolute atomic E-state index is 12.8. The molecular weight excluding hydrogens is 383 g/mol. The fourth-order valence-corrected chi connectivity index (χ4v) is 3.99. The van der Waals surface area contributed by atoms with Gasteiger partial charge in [-0.1, -0.05) is 12.1 Å². The van der Waals surface area contributed by atoms with Crippen LogP contribution < -0.4 is 0 Å². The first kappa shape index (κ1) is 19.8. The Bertz CT molecular complexity index is 921. The van der Waals surface area contributed by atoms with Crippen molar-refractivity contribution >= 4 is 10.0 Å². The SMILES string of the molecule is CS(=O)(=O)N1CCc2c(c(-c3ccc(C(F)(F)F)cc3)nn2CCCO)C1. The minimum absolute atomic E-state index is 0.0142. The lowest BCUT2D eigenvalue weighted by Gasteiger charge is -2.25. The molecule has 0 aliphatic carbocycles. The first-order chi connectivity index (χ1) is 12.6. The number of nitrogens with zero attached hydrogens (tertiary/aromatic N) is 3. The van der Waals surface area contributed by atoms with Crippen molar-refractivity contribution in [1.82, 2.24) is 14.1 Å². The number of aromatic nitrogens is 2. The molecule has 0 fully saturated rings. The van der Waals surface area contributed by atoms with E-state index in [0.717, 1.165) is 24.1 Å². The number of rotatable bonds is 5. The van der Waals surface area contributed by atoms with Gasteiger partial charge in [0.25, 0.3) is 0 Å². The van der Waals surface area contributed by atoms with Gasteiger partial charge in [-0.05, 0) is 18.6 Å². The maximum Gasteiger partial charge on any atom is 0.416 e. The van der Waals surface area contributed by atoms with Crippen LogP contribution in [0.25, 0.3) is 11.3 Å². The molecule has 0 bridgehead atoms. The molecule has 1 aliphatic rings. The van der Waals surface area contributed by atoms with E-state index in [2.05, 4.69) is 5.10 Å².